The number of aromatic nitrogens is 3. The molecule has 2 aromatic heterocycles. The maximum Gasteiger partial charge on any atom is 0.325 e. The highest BCUT2D eigenvalue weighted by molar-refractivity contribution is 5.78. The van der Waals surface area contributed by atoms with Gasteiger partial charge in [0.25, 0.3) is 6.47 Å². The number of likely N-dealkylation sites (tertiary alicyclic amines) is 1. The molecule has 0 amide bonds. The van der Waals surface area contributed by atoms with Gasteiger partial charge in [-0.3, -0.25) is 19.2 Å². The number of nitrogens with zero attached hydrogens (tertiary/aromatic N) is 3. The van der Waals surface area contributed by atoms with E-state index in [1.807, 2.05) is 18.2 Å². The third kappa shape index (κ3) is 4.85. The van der Waals surface area contributed by atoms with Gasteiger partial charge in [-0.25, -0.2) is 4.79 Å². The van der Waals surface area contributed by atoms with Crippen molar-refractivity contribution in [1.29, 1.82) is 0 Å². The number of aromatic amines is 1. The van der Waals surface area contributed by atoms with Gasteiger partial charge in [-0.2, -0.15) is 0 Å². The summed E-state index contributed by atoms with van der Waals surface area (Å²) >= 11 is 0. The number of H-pyrrole nitrogens is 1. The van der Waals surface area contributed by atoms with Crippen LogP contribution in [0.1, 0.15) is 5.69 Å². The molecule has 1 aliphatic rings. The van der Waals surface area contributed by atoms with E-state index < -0.39 is 0 Å². The Balaban J connectivity index is 0.000000706. The van der Waals surface area contributed by atoms with Crippen molar-refractivity contribution in [3.63, 3.8) is 0 Å². The number of hydrogen-bond acceptors (Lipinski definition) is 5. The Morgan fingerprint density at radius 3 is 2.71 bits per heavy atom. The van der Waals surface area contributed by atoms with Crippen LogP contribution in [0.15, 0.2) is 53.6 Å². The maximum atomic E-state index is 11.5. The minimum Gasteiger partial charge on any atom is -0.483 e. The van der Waals surface area contributed by atoms with Gasteiger partial charge in [0.05, 0.1) is 11.6 Å². The highest BCUT2D eigenvalue weighted by atomic mass is 16.3. The van der Waals surface area contributed by atoms with Gasteiger partial charge in [0.2, 0.25) is 0 Å². The second-order valence-electron chi connectivity index (χ2n) is 6.85. The summed E-state index contributed by atoms with van der Waals surface area (Å²) in [7, 11) is 0. The van der Waals surface area contributed by atoms with Gasteiger partial charge >= 0.3 is 5.69 Å². The molecule has 2 atom stereocenters. The van der Waals surface area contributed by atoms with Crippen molar-refractivity contribution < 1.29 is 15.0 Å². The lowest BCUT2D eigenvalue weighted by molar-refractivity contribution is -0.122. The van der Waals surface area contributed by atoms with Crippen LogP contribution in [-0.2, 0) is 17.8 Å². The zero-order chi connectivity index (χ0) is 19.9. The molecule has 1 aromatic carbocycles. The normalized spacial score (nSPS) is 19.3. The van der Waals surface area contributed by atoms with Gasteiger partial charge in [0, 0.05) is 55.6 Å². The van der Waals surface area contributed by atoms with E-state index in [1.54, 1.807) is 17.0 Å². The molecule has 28 heavy (non-hydrogen) atoms. The number of aliphatic hydroxyl groups is 1. The second kappa shape index (κ2) is 9.29. The van der Waals surface area contributed by atoms with E-state index in [2.05, 4.69) is 28.1 Å². The summed E-state index contributed by atoms with van der Waals surface area (Å²) in [6.07, 6.45) is 3.82. The van der Waals surface area contributed by atoms with Crippen LogP contribution in [0.4, 0.5) is 0 Å². The summed E-state index contributed by atoms with van der Waals surface area (Å²) in [4.78, 5) is 29.5. The Labute approximate surface area is 162 Å². The number of hydrogen-bond donors (Lipinski definition) is 3. The number of fused-ring (bicyclic) bond motifs is 1. The number of aliphatic hydroxyl groups excluding tert-OH is 1. The van der Waals surface area contributed by atoms with Crippen LogP contribution in [-0.4, -0.2) is 61.9 Å². The minimum absolute atomic E-state index is 0.0864. The lowest BCUT2D eigenvalue weighted by Gasteiger charge is -2.15. The van der Waals surface area contributed by atoms with Crippen molar-refractivity contribution >= 4 is 17.4 Å². The average molecular weight is 384 g/mol. The Bertz CT molecular complexity index is 968. The third-order valence-electron chi connectivity index (χ3n) is 4.99. The smallest absolute Gasteiger partial charge is 0.325 e. The number of para-hydroxylation sites is 1. The molecule has 148 valence electrons. The highest BCUT2D eigenvalue weighted by Gasteiger charge is 2.31. The summed E-state index contributed by atoms with van der Waals surface area (Å²) in [5.41, 5.74) is 1.93. The Kier molecular flexibility index (Phi) is 6.57. The number of imidazole rings is 1. The number of benzene rings is 1. The molecule has 1 saturated heterocycles. The summed E-state index contributed by atoms with van der Waals surface area (Å²) in [6.45, 7) is 2.62. The van der Waals surface area contributed by atoms with E-state index in [-0.39, 0.29) is 24.2 Å². The number of pyridine rings is 1. The molecule has 1 fully saturated rings. The first-order valence-corrected chi connectivity index (χ1v) is 9.17. The predicted octanol–water partition coefficient (Wildman–Crippen LogP) is 0.961. The predicted molar refractivity (Wildman–Crippen MR) is 105 cm³/mol. The van der Waals surface area contributed by atoms with Gasteiger partial charge in [-0.15, -0.1) is 0 Å². The molecule has 3 heterocycles. The largest absolute Gasteiger partial charge is 0.483 e. The van der Waals surface area contributed by atoms with E-state index >= 15 is 0 Å². The zero-order valence-corrected chi connectivity index (χ0v) is 15.4. The lowest BCUT2D eigenvalue weighted by Crippen LogP contribution is -2.29. The molecule has 8 heteroatoms. The van der Waals surface area contributed by atoms with Crippen LogP contribution in [0, 0.1) is 5.92 Å². The summed E-state index contributed by atoms with van der Waals surface area (Å²) in [5, 5.41) is 18.4. The minimum atomic E-state index is -0.351. The van der Waals surface area contributed by atoms with Crippen LogP contribution in [0.3, 0.4) is 0 Å². The fraction of sp³-hybridized carbons (Fsp3) is 0.350. The van der Waals surface area contributed by atoms with Gasteiger partial charge in [0.15, 0.2) is 0 Å². The molecule has 0 bridgehead atoms. The molecule has 1 aliphatic heterocycles. The van der Waals surface area contributed by atoms with E-state index in [0.717, 1.165) is 36.1 Å². The van der Waals surface area contributed by atoms with Crippen molar-refractivity contribution in [3.05, 3.63) is 65.0 Å². The molecule has 8 nitrogen and oxygen atoms in total. The third-order valence-corrected chi connectivity index (χ3v) is 4.99. The van der Waals surface area contributed by atoms with E-state index in [9.17, 15) is 9.90 Å². The first-order chi connectivity index (χ1) is 13.6. The van der Waals surface area contributed by atoms with Crippen molar-refractivity contribution in [3.8, 4) is 0 Å². The topological polar surface area (TPSA) is 111 Å². The van der Waals surface area contributed by atoms with Gasteiger partial charge in [-0.1, -0.05) is 24.3 Å². The molecular formula is C20H24N4O4. The van der Waals surface area contributed by atoms with Crippen LogP contribution >= 0.6 is 0 Å². The summed E-state index contributed by atoms with van der Waals surface area (Å²) in [6, 6.07) is 12.2. The van der Waals surface area contributed by atoms with Crippen molar-refractivity contribution in [1.82, 2.24) is 19.4 Å². The lowest BCUT2D eigenvalue weighted by atomic mass is 9.99. The number of β-amino-alcohol motifs (C(OH)–C–C–N with tert-alkyl or cyclic N) is 1. The number of carbonyl (C=O) groups is 1. The number of nitrogens with one attached hydrogen (secondary N) is 1. The molecule has 4 rings (SSSR count). The molecule has 0 spiro atoms. The maximum absolute atomic E-state index is 11.5. The summed E-state index contributed by atoms with van der Waals surface area (Å²) in [5.74, 6) is 0.177. The fourth-order valence-electron chi connectivity index (χ4n) is 3.59. The van der Waals surface area contributed by atoms with E-state index in [0.29, 0.717) is 13.1 Å². The highest BCUT2D eigenvalue weighted by Crippen LogP contribution is 2.22. The van der Waals surface area contributed by atoms with Crippen LogP contribution in [0.5, 0.6) is 0 Å². The van der Waals surface area contributed by atoms with Gasteiger partial charge in [-0.05, 0) is 18.6 Å². The fourth-order valence-corrected chi connectivity index (χ4v) is 3.59. The average Bonchev–Trinajstić information content (AvgIpc) is 3.26. The van der Waals surface area contributed by atoms with Crippen LogP contribution in [0.25, 0.3) is 10.9 Å². The number of rotatable bonds is 5. The summed E-state index contributed by atoms with van der Waals surface area (Å²) < 4.78 is 1.66. The first kappa shape index (κ1) is 19.8. The monoisotopic (exact) mass is 384 g/mol. The first-order valence-electron chi connectivity index (χ1n) is 9.17. The van der Waals surface area contributed by atoms with Crippen LogP contribution < -0.4 is 5.69 Å². The van der Waals surface area contributed by atoms with Crippen molar-refractivity contribution in [2.45, 2.75) is 19.1 Å². The molecule has 0 aliphatic carbocycles. The van der Waals surface area contributed by atoms with Gasteiger partial charge < -0.3 is 15.2 Å². The molecule has 0 radical (unpaired) electrons. The van der Waals surface area contributed by atoms with Crippen molar-refractivity contribution in [2.24, 2.45) is 5.92 Å². The second-order valence-corrected chi connectivity index (χ2v) is 6.85. The Hall–Kier alpha value is -2.97. The van der Waals surface area contributed by atoms with E-state index in [4.69, 9.17) is 14.9 Å². The molecule has 3 N–H and O–H groups in total. The van der Waals surface area contributed by atoms with Crippen molar-refractivity contribution in [2.75, 3.05) is 19.6 Å². The standard InChI is InChI=1S/C19H22N4O2.CH2O2/c24-18-13-22(9-10-23-8-7-20-19(23)25)12-15(18)11-16-6-5-14-3-1-2-4-17(14)21-16;2-1-3/h1-8,15,18,24H,9-13H2,(H,20,25);1H,(H,2,3)/t15-,18-;/m1./s1. The molecule has 0 saturated carbocycles. The Morgan fingerprint density at radius 1 is 1.18 bits per heavy atom. The molecule has 0 unspecified atom stereocenters. The molecule has 3 aromatic rings. The van der Waals surface area contributed by atoms with Gasteiger partial charge in [0.1, 0.15) is 0 Å². The zero-order valence-electron chi connectivity index (χ0n) is 15.4. The quantitative estimate of drug-likeness (QED) is 0.565. The Morgan fingerprint density at radius 2 is 1.96 bits per heavy atom. The molecular weight excluding hydrogens is 360 g/mol. The number of carboxylic acid groups (broad SMARTS) is 1. The van der Waals surface area contributed by atoms with E-state index in [1.165, 1.54) is 0 Å². The SMILES string of the molecule is O=CO.O=c1[nH]ccn1CCN1C[C@@H](Cc2ccc3ccccc3n2)[C@H](O)C1. The van der Waals surface area contributed by atoms with Crippen LogP contribution in [0.2, 0.25) is 0 Å².